The molecular weight excluding hydrogens is 250 g/mol. The summed E-state index contributed by atoms with van der Waals surface area (Å²) in [7, 11) is 3.59. The van der Waals surface area contributed by atoms with Crippen LogP contribution in [0.5, 0.6) is 0 Å². The van der Waals surface area contributed by atoms with Gasteiger partial charge in [0.2, 0.25) is 0 Å². The van der Waals surface area contributed by atoms with Crippen molar-refractivity contribution >= 4 is 17.3 Å². The zero-order valence-electron chi connectivity index (χ0n) is 12.3. The molecule has 108 valence electrons. The van der Waals surface area contributed by atoms with Crippen molar-refractivity contribution in [1.29, 1.82) is 0 Å². The van der Waals surface area contributed by atoms with Crippen molar-refractivity contribution in [3.05, 3.63) is 23.8 Å². The van der Waals surface area contributed by atoms with Crippen LogP contribution in [-0.2, 0) is 0 Å². The van der Waals surface area contributed by atoms with Crippen molar-refractivity contribution in [3.63, 3.8) is 0 Å². The van der Waals surface area contributed by atoms with Crippen LogP contribution < -0.4 is 10.6 Å². The molecule has 2 aliphatic carbocycles. The molecule has 0 atom stereocenters. The zero-order valence-corrected chi connectivity index (χ0v) is 12.3. The van der Waals surface area contributed by atoms with Gasteiger partial charge in [-0.25, -0.2) is 0 Å². The summed E-state index contributed by atoms with van der Waals surface area (Å²) in [5.74, 6) is 0.862. The third-order valence-electron chi connectivity index (χ3n) is 4.11. The summed E-state index contributed by atoms with van der Waals surface area (Å²) in [6.07, 6.45) is 5.11. The van der Waals surface area contributed by atoms with Crippen LogP contribution in [0.2, 0.25) is 0 Å². The van der Waals surface area contributed by atoms with Gasteiger partial charge in [0.25, 0.3) is 5.91 Å². The largest absolute Gasteiger partial charge is 0.399 e. The third-order valence-corrected chi connectivity index (χ3v) is 4.11. The lowest BCUT2D eigenvalue weighted by Crippen LogP contribution is -2.31. The Bertz CT molecular complexity index is 518. The SMILES string of the molecule is CN(C)C(=O)c1ccc(N)cc1N(CC1CC1)C1CC1. The van der Waals surface area contributed by atoms with Crippen molar-refractivity contribution in [2.75, 3.05) is 31.3 Å². The molecule has 2 N–H and O–H groups in total. The van der Waals surface area contributed by atoms with Gasteiger partial charge in [-0.15, -0.1) is 0 Å². The first-order valence-corrected chi connectivity index (χ1v) is 7.44. The van der Waals surface area contributed by atoms with E-state index in [9.17, 15) is 4.79 Å². The molecule has 0 bridgehead atoms. The fourth-order valence-electron chi connectivity index (χ4n) is 2.62. The molecule has 1 amide bonds. The van der Waals surface area contributed by atoms with Crippen molar-refractivity contribution in [2.24, 2.45) is 5.92 Å². The molecule has 0 unspecified atom stereocenters. The lowest BCUT2D eigenvalue weighted by atomic mass is 10.1. The van der Waals surface area contributed by atoms with Gasteiger partial charge in [-0.05, 0) is 49.8 Å². The van der Waals surface area contributed by atoms with E-state index in [1.807, 2.05) is 18.2 Å². The molecule has 0 heterocycles. The molecule has 3 rings (SSSR count). The summed E-state index contributed by atoms with van der Waals surface area (Å²) in [6.45, 7) is 1.07. The van der Waals surface area contributed by atoms with E-state index in [1.54, 1.807) is 19.0 Å². The fourth-order valence-corrected chi connectivity index (χ4v) is 2.62. The van der Waals surface area contributed by atoms with Crippen LogP contribution in [0.1, 0.15) is 36.0 Å². The maximum Gasteiger partial charge on any atom is 0.255 e. The molecule has 0 saturated heterocycles. The van der Waals surface area contributed by atoms with E-state index in [0.29, 0.717) is 6.04 Å². The lowest BCUT2D eigenvalue weighted by Gasteiger charge is -2.28. The van der Waals surface area contributed by atoms with E-state index >= 15 is 0 Å². The van der Waals surface area contributed by atoms with Crippen LogP contribution in [0, 0.1) is 5.92 Å². The molecule has 4 nitrogen and oxygen atoms in total. The van der Waals surface area contributed by atoms with Crippen LogP contribution in [0.25, 0.3) is 0 Å². The predicted octanol–water partition coefficient (Wildman–Crippen LogP) is 2.35. The Morgan fingerprint density at radius 3 is 2.50 bits per heavy atom. The Balaban J connectivity index is 1.95. The Morgan fingerprint density at radius 2 is 1.95 bits per heavy atom. The molecule has 0 aliphatic heterocycles. The highest BCUT2D eigenvalue weighted by Gasteiger charge is 2.35. The number of hydrogen-bond acceptors (Lipinski definition) is 3. The molecular formula is C16H23N3O. The number of rotatable bonds is 5. The first-order chi connectivity index (χ1) is 9.56. The number of nitrogen functional groups attached to an aromatic ring is 1. The number of nitrogens with two attached hydrogens (primary N) is 1. The minimum Gasteiger partial charge on any atom is -0.399 e. The number of carbonyl (C=O) groups excluding carboxylic acids is 1. The Morgan fingerprint density at radius 1 is 1.25 bits per heavy atom. The maximum atomic E-state index is 12.4. The van der Waals surface area contributed by atoms with Gasteiger partial charge in [-0.2, -0.15) is 0 Å². The quantitative estimate of drug-likeness (QED) is 0.838. The topological polar surface area (TPSA) is 49.6 Å². The summed E-state index contributed by atoms with van der Waals surface area (Å²) in [4.78, 5) is 16.4. The average molecular weight is 273 g/mol. The molecule has 1 aromatic carbocycles. The van der Waals surface area contributed by atoms with Crippen LogP contribution in [0.15, 0.2) is 18.2 Å². The van der Waals surface area contributed by atoms with Crippen molar-refractivity contribution in [2.45, 2.75) is 31.7 Å². The number of anilines is 2. The van der Waals surface area contributed by atoms with Crippen LogP contribution >= 0.6 is 0 Å². The van der Waals surface area contributed by atoms with Gasteiger partial charge in [0, 0.05) is 32.4 Å². The van der Waals surface area contributed by atoms with E-state index in [2.05, 4.69) is 4.90 Å². The van der Waals surface area contributed by atoms with Gasteiger partial charge in [0.15, 0.2) is 0 Å². The predicted molar refractivity (Wildman–Crippen MR) is 82.0 cm³/mol. The first-order valence-electron chi connectivity index (χ1n) is 7.44. The fraction of sp³-hybridized carbons (Fsp3) is 0.562. The summed E-state index contributed by atoms with van der Waals surface area (Å²) in [5.41, 5.74) is 8.49. The lowest BCUT2D eigenvalue weighted by molar-refractivity contribution is 0.0828. The second kappa shape index (κ2) is 5.00. The Kier molecular flexibility index (Phi) is 3.32. The molecule has 0 aromatic heterocycles. The first kappa shape index (κ1) is 13.3. The normalized spacial score (nSPS) is 17.9. The molecule has 1 aromatic rings. The van der Waals surface area contributed by atoms with Crippen molar-refractivity contribution < 1.29 is 4.79 Å². The van der Waals surface area contributed by atoms with Crippen molar-refractivity contribution in [1.82, 2.24) is 4.90 Å². The minimum atomic E-state index is 0.0569. The number of carbonyl (C=O) groups is 1. The Labute approximate surface area is 120 Å². The Hall–Kier alpha value is -1.71. The molecule has 2 fully saturated rings. The molecule has 4 heteroatoms. The standard InChI is InChI=1S/C16H23N3O/c1-18(2)16(20)14-8-5-12(17)9-15(14)19(13-6-7-13)10-11-3-4-11/h5,8-9,11,13H,3-4,6-7,10,17H2,1-2H3. The summed E-state index contributed by atoms with van der Waals surface area (Å²) < 4.78 is 0. The smallest absolute Gasteiger partial charge is 0.255 e. The monoisotopic (exact) mass is 273 g/mol. The van der Waals surface area contributed by atoms with Crippen LogP contribution in [0.4, 0.5) is 11.4 Å². The van der Waals surface area contributed by atoms with Gasteiger partial charge in [-0.3, -0.25) is 4.79 Å². The second-order valence-corrected chi connectivity index (χ2v) is 6.30. The van der Waals surface area contributed by atoms with Gasteiger partial charge >= 0.3 is 0 Å². The van der Waals surface area contributed by atoms with E-state index in [4.69, 9.17) is 5.73 Å². The van der Waals surface area contributed by atoms with E-state index in [1.165, 1.54) is 25.7 Å². The second-order valence-electron chi connectivity index (χ2n) is 6.30. The maximum absolute atomic E-state index is 12.4. The average Bonchev–Trinajstić information content (AvgIpc) is 3.26. The minimum absolute atomic E-state index is 0.0569. The van der Waals surface area contributed by atoms with Crippen molar-refractivity contribution in [3.8, 4) is 0 Å². The van der Waals surface area contributed by atoms with E-state index in [-0.39, 0.29) is 5.91 Å². The number of nitrogens with zero attached hydrogens (tertiary/aromatic N) is 2. The van der Waals surface area contributed by atoms with Gasteiger partial charge < -0.3 is 15.5 Å². The summed E-state index contributed by atoms with van der Waals surface area (Å²) >= 11 is 0. The number of hydrogen-bond donors (Lipinski definition) is 1. The molecule has 0 spiro atoms. The van der Waals surface area contributed by atoms with Crippen LogP contribution in [-0.4, -0.2) is 37.5 Å². The zero-order chi connectivity index (χ0) is 14.3. The highest BCUT2D eigenvalue weighted by Crippen LogP contribution is 2.39. The summed E-state index contributed by atoms with van der Waals surface area (Å²) in [6, 6.07) is 6.26. The van der Waals surface area contributed by atoms with Gasteiger partial charge in [-0.1, -0.05) is 0 Å². The highest BCUT2D eigenvalue weighted by atomic mass is 16.2. The third kappa shape index (κ3) is 2.74. The van der Waals surface area contributed by atoms with Gasteiger partial charge in [0.1, 0.15) is 0 Å². The number of amides is 1. The molecule has 2 saturated carbocycles. The van der Waals surface area contributed by atoms with E-state index in [0.717, 1.165) is 29.4 Å². The summed E-state index contributed by atoms with van der Waals surface area (Å²) in [5, 5.41) is 0. The van der Waals surface area contributed by atoms with Gasteiger partial charge in [0.05, 0.1) is 11.3 Å². The molecule has 0 radical (unpaired) electrons. The van der Waals surface area contributed by atoms with E-state index < -0.39 is 0 Å². The molecule has 20 heavy (non-hydrogen) atoms. The number of benzene rings is 1. The molecule has 2 aliphatic rings. The highest BCUT2D eigenvalue weighted by molar-refractivity contribution is 6.00. The van der Waals surface area contributed by atoms with Crippen LogP contribution in [0.3, 0.4) is 0 Å².